The summed E-state index contributed by atoms with van der Waals surface area (Å²) in [6.07, 6.45) is 1.58. The van der Waals surface area contributed by atoms with Gasteiger partial charge in [0, 0.05) is 6.20 Å². The van der Waals surface area contributed by atoms with Crippen molar-refractivity contribution in [3.05, 3.63) is 47.0 Å². The molecule has 2 aromatic rings. The van der Waals surface area contributed by atoms with Gasteiger partial charge in [0.2, 0.25) is 10.0 Å². The second-order valence-corrected chi connectivity index (χ2v) is 6.28. The van der Waals surface area contributed by atoms with Crippen molar-refractivity contribution in [2.24, 2.45) is 0 Å². The summed E-state index contributed by atoms with van der Waals surface area (Å²) in [6, 6.07) is 5.80. The first-order valence-corrected chi connectivity index (χ1v) is 7.58. The first-order valence-electron chi connectivity index (χ1n) is 5.72. The second kappa shape index (κ2) is 5.74. The zero-order chi connectivity index (χ0) is 14.8. The van der Waals surface area contributed by atoms with Crippen LogP contribution in [0.25, 0.3) is 0 Å². The highest BCUT2D eigenvalue weighted by Crippen LogP contribution is 2.22. The van der Waals surface area contributed by atoms with Gasteiger partial charge in [0.05, 0.1) is 27.8 Å². The number of hydrogen-bond donors (Lipinski definition) is 2. The largest absolute Gasteiger partial charge is 0.397 e. The Labute approximate surface area is 122 Å². The Balaban J connectivity index is 2.17. The van der Waals surface area contributed by atoms with Crippen LogP contribution in [0, 0.1) is 6.92 Å². The average Bonchev–Trinajstić information content (AvgIpc) is 2.40. The molecule has 8 heteroatoms. The fourth-order valence-electron chi connectivity index (χ4n) is 1.54. The van der Waals surface area contributed by atoms with Gasteiger partial charge in [0.15, 0.2) is 0 Å². The van der Waals surface area contributed by atoms with E-state index in [9.17, 15) is 8.42 Å². The van der Waals surface area contributed by atoms with Crippen LogP contribution in [0.4, 0.5) is 5.69 Å². The van der Waals surface area contributed by atoms with Crippen LogP contribution in [0.1, 0.15) is 11.5 Å². The molecule has 3 N–H and O–H groups in total. The maximum Gasteiger partial charge on any atom is 0.240 e. The number of nitrogens with two attached hydrogens (primary N) is 1. The van der Waals surface area contributed by atoms with Gasteiger partial charge in [-0.1, -0.05) is 11.6 Å². The Hall–Kier alpha value is -1.70. The van der Waals surface area contributed by atoms with Gasteiger partial charge in [0.1, 0.15) is 5.82 Å². The lowest BCUT2D eigenvalue weighted by Gasteiger charge is -2.08. The predicted octanol–water partition coefficient (Wildman–Crippen LogP) is 1.50. The number of sulfonamides is 1. The van der Waals surface area contributed by atoms with Crippen molar-refractivity contribution in [1.82, 2.24) is 14.7 Å². The van der Waals surface area contributed by atoms with Crippen molar-refractivity contribution >= 4 is 27.3 Å². The second-order valence-electron chi connectivity index (χ2n) is 4.10. The number of aromatic nitrogens is 2. The first-order chi connectivity index (χ1) is 9.38. The molecule has 106 valence electrons. The van der Waals surface area contributed by atoms with E-state index in [0.29, 0.717) is 16.5 Å². The molecule has 0 radical (unpaired) electrons. The molecule has 0 amide bonds. The van der Waals surface area contributed by atoms with Crippen LogP contribution in [0.5, 0.6) is 0 Å². The molecular weight excluding hydrogens is 300 g/mol. The van der Waals surface area contributed by atoms with Gasteiger partial charge in [-0.05, 0) is 31.2 Å². The Morgan fingerprint density at radius 1 is 1.35 bits per heavy atom. The van der Waals surface area contributed by atoms with E-state index in [1.54, 1.807) is 19.2 Å². The third-order valence-corrected chi connectivity index (χ3v) is 4.30. The van der Waals surface area contributed by atoms with Crippen LogP contribution in [-0.4, -0.2) is 18.4 Å². The van der Waals surface area contributed by atoms with Crippen LogP contribution in [0.15, 0.2) is 35.4 Å². The molecule has 0 aliphatic heterocycles. The Morgan fingerprint density at radius 2 is 2.10 bits per heavy atom. The molecule has 20 heavy (non-hydrogen) atoms. The molecule has 0 saturated carbocycles. The van der Waals surface area contributed by atoms with Crippen molar-refractivity contribution in [2.45, 2.75) is 18.4 Å². The van der Waals surface area contributed by atoms with Gasteiger partial charge < -0.3 is 5.73 Å². The van der Waals surface area contributed by atoms with E-state index in [1.165, 1.54) is 18.2 Å². The number of nitrogens with one attached hydrogen (secondary N) is 1. The smallest absolute Gasteiger partial charge is 0.240 e. The fraction of sp³-hybridized carbons (Fsp3) is 0.167. The summed E-state index contributed by atoms with van der Waals surface area (Å²) >= 11 is 5.76. The summed E-state index contributed by atoms with van der Waals surface area (Å²) in [5.41, 5.74) is 6.40. The average molecular weight is 313 g/mol. The van der Waals surface area contributed by atoms with Crippen molar-refractivity contribution in [3.8, 4) is 0 Å². The summed E-state index contributed by atoms with van der Waals surface area (Å²) in [5.74, 6) is 0.581. The highest BCUT2D eigenvalue weighted by molar-refractivity contribution is 7.89. The summed E-state index contributed by atoms with van der Waals surface area (Å²) in [7, 11) is -3.66. The lowest BCUT2D eigenvalue weighted by atomic mass is 10.3. The topological polar surface area (TPSA) is 98.0 Å². The normalized spacial score (nSPS) is 11.5. The molecule has 1 aromatic heterocycles. The summed E-state index contributed by atoms with van der Waals surface area (Å²) < 4.78 is 26.7. The van der Waals surface area contributed by atoms with Crippen LogP contribution in [0.3, 0.4) is 0 Å². The zero-order valence-electron chi connectivity index (χ0n) is 10.7. The minimum Gasteiger partial charge on any atom is -0.397 e. The molecule has 1 aromatic carbocycles. The van der Waals surface area contributed by atoms with E-state index in [1.807, 2.05) is 0 Å². The number of hydrogen-bond acceptors (Lipinski definition) is 5. The van der Waals surface area contributed by atoms with Gasteiger partial charge in [-0.15, -0.1) is 0 Å². The summed E-state index contributed by atoms with van der Waals surface area (Å²) in [5, 5.41) is 0.315. The Morgan fingerprint density at radius 3 is 2.75 bits per heavy atom. The number of benzene rings is 1. The Bertz CT molecular complexity index is 734. The van der Waals surface area contributed by atoms with E-state index < -0.39 is 10.0 Å². The van der Waals surface area contributed by atoms with Crippen LogP contribution >= 0.6 is 11.6 Å². The van der Waals surface area contributed by atoms with E-state index in [4.69, 9.17) is 17.3 Å². The molecule has 0 atom stereocenters. The molecular formula is C12H13ClN4O2S. The maximum absolute atomic E-state index is 12.1. The lowest BCUT2D eigenvalue weighted by molar-refractivity contribution is 0.580. The predicted molar refractivity (Wildman–Crippen MR) is 76.7 cm³/mol. The van der Waals surface area contributed by atoms with Gasteiger partial charge in [0.25, 0.3) is 0 Å². The van der Waals surface area contributed by atoms with E-state index >= 15 is 0 Å². The minimum absolute atomic E-state index is 0.0604. The summed E-state index contributed by atoms with van der Waals surface area (Å²) in [4.78, 5) is 8.12. The van der Waals surface area contributed by atoms with E-state index in [2.05, 4.69) is 14.7 Å². The van der Waals surface area contributed by atoms with Gasteiger partial charge in [-0.25, -0.2) is 23.1 Å². The molecule has 0 fully saturated rings. The van der Waals surface area contributed by atoms with Crippen molar-refractivity contribution in [1.29, 1.82) is 0 Å². The van der Waals surface area contributed by atoms with Gasteiger partial charge in [-0.2, -0.15) is 0 Å². The molecule has 0 bridgehead atoms. The molecule has 0 aliphatic rings. The van der Waals surface area contributed by atoms with Crippen molar-refractivity contribution in [3.63, 3.8) is 0 Å². The van der Waals surface area contributed by atoms with Crippen LogP contribution in [0.2, 0.25) is 5.02 Å². The van der Waals surface area contributed by atoms with Crippen molar-refractivity contribution < 1.29 is 8.42 Å². The fourth-order valence-corrected chi connectivity index (χ4v) is 2.70. The molecule has 0 unspecified atom stereocenters. The number of aryl methyl sites for hydroxylation is 1. The molecule has 6 nitrogen and oxygen atoms in total. The quantitative estimate of drug-likeness (QED) is 0.834. The Kier molecular flexibility index (Phi) is 4.22. The molecule has 2 rings (SSSR count). The maximum atomic E-state index is 12.1. The number of anilines is 1. The molecule has 1 heterocycles. The third-order valence-electron chi connectivity index (χ3n) is 2.55. The highest BCUT2D eigenvalue weighted by atomic mass is 35.5. The monoisotopic (exact) mass is 312 g/mol. The molecule has 0 saturated heterocycles. The SMILES string of the molecule is Cc1nccc(CNS(=O)(=O)c2ccc(Cl)c(N)c2)n1. The number of rotatable bonds is 4. The standard InChI is InChI=1S/C12H13ClN4O2S/c1-8-15-5-4-9(17-8)7-16-20(18,19)10-2-3-11(13)12(14)6-10/h2-6,16H,7,14H2,1H3. The van der Waals surface area contributed by atoms with Gasteiger partial charge >= 0.3 is 0 Å². The number of nitrogens with zero attached hydrogens (tertiary/aromatic N) is 2. The van der Waals surface area contributed by atoms with Crippen LogP contribution in [-0.2, 0) is 16.6 Å². The molecule has 0 aliphatic carbocycles. The summed E-state index contributed by atoms with van der Waals surface area (Å²) in [6.45, 7) is 1.81. The minimum atomic E-state index is -3.66. The number of halogens is 1. The van der Waals surface area contributed by atoms with Gasteiger partial charge in [-0.3, -0.25) is 0 Å². The van der Waals surface area contributed by atoms with Crippen LogP contribution < -0.4 is 10.5 Å². The third kappa shape index (κ3) is 3.44. The van der Waals surface area contributed by atoms with E-state index in [-0.39, 0.29) is 17.1 Å². The molecule has 0 spiro atoms. The highest BCUT2D eigenvalue weighted by Gasteiger charge is 2.15. The first kappa shape index (κ1) is 14.7. The zero-order valence-corrected chi connectivity index (χ0v) is 12.2. The van der Waals surface area contributed by atoms with E-state index in [0.717, 1.165) is 0 Å². The van der Waals surface area contributed by atoms with Crippen molar-refractivity contribution in [2.75, 3.05) is 5.73 Å². The lowest BCUT2D eigenvalue weighted by Crippen LogP contribution is -2.24. The number of nitrogen functional groups attached to an aromatic ring is 1.